The summed E-state index contributed by atoms with van der Waals surface area (Å²) in [6.45, 7) is 6.00. The predicted octanol–water partition coefficient (Wildman–Crippen LogP) is 6.83. The number of hydrogen-bond donors (Lipinski definition) is 1. The SMILES string of the molecule is CCCCNC(=O)C(Cc1ccccc1)N(Cc1ccc(C)cc1)C(=O)CN(c1ccc(C)cc1)S(=O)(=O)c1ccc(OC)c(Br)c1. The Morgan fingerprint density at radius 2 is 1.51 bits per heavy atom. The van der Waals surface area contributed by atoms with Gasteiger partial charge in [0.05, 0.1) is 22.2 Å². The maximum absolute atomic E-state index is 14.6. The molecule has 248 valence electrons. The molecule has 47 heavy (non-hydrogen) atoms. The Hall–Kier alpha value is -4.15. The number of anilines is 1. The number of unbranched alkanes of at least 4 members (excludes halogenated alkanes) is 1. The number of sulfonamides is 1. The van der Waals surface area contributed by atoms with Crippen molar-refractivity contribution in [2.24, 2.45) is 0 Å². The highest BCUT2D eigenvalue weighted by Gasteiger charge is 2.34. The molecule has 4 aromatic rings. The number of amides is 2. The van der Waals surface area contributed by atoms with Crippen LogP contribution in [0.4, 0.5) is 5.69 Å². The highest BCUT2D eigenvalue weighted by atomic mass is 79.9. The largest absolute Gasteiger partial charge is 0.496 e. The third-order valence-corrected chi connectivity index (χ3v) is 10.3. The van der Waals surface area contributed by atoms with Crippen LogP contribution in [0, 0.1) is 13.8 Å². The second-order valence-electron chi connectivity index (χ2n) is 11.5. The van der Waals surface area contributed by atoms with E-state index < -0.39 is 28.5 Å². The molecule has 8 nitrogen and oxygen atoms in total. The second-order valence-corrected chi connectivity index (χ2v) is 14.2. The van der Waals surface area contributed by atoms with Crippen LogP contribution in [0.2, 0.25) is 0 Å². The molecule has 0 saturated carbocycles. The van der Waals surface area contributed by atoms with Crippen LogP contribution in [-0.2, 0) is 32.6 Å². The summed E-state index contributed by atoms with van der Waals surface area (Å²) in [4.78, 5) is 30.0. The number of halogens is 1. The number of benzene rings is 4. The zero-order valence-corrected chi connectivity index (χ0v) is 29.7. The normalized spacial score (nSPS) is 11.9. The van der Waals surface area contributed by atoms with Gasteiger partial charge in [-0.15, -0.1) is 0 Å². The number of hydrogen-bond acceptors (Lipinski definition) is 5. The van der Waals surface area contributed by atoms with E-state index in [-0.39, 0.29) is 23.8 Å². The first-order chi connectivity index (χ1) is 22.5. The topological polar surface area (TPSA) is 96.0 Å². The number of ether oxygens (including phenoxy) is 1. The molecule has 0 saturated heterocycles. The van der Waals surface area contributed by atoms with Crippen LogP contribution >= 0.6 is 15.9 Å². The van der Waals surface area contributed by atoms with Gasteiger partial charge in [-0.05, 0) is 77.7 Å². The first-order valence-electron chi connectivity index (χ1n) is 15.6. The minimum atomic E-state index is -4.24. The molecule has 1 unspecified atom stereocenters. The van der Waals surface area contributed by atoms with Gasteiger partial charge in [-0.2, -0.15) is 0 Å². The molecule has 0 bridgehead atoms. The third kappa shape index (κ3) is 9.45. The fourth-order valence-corrected chi connectivity index (χ4v) is 7.26. The number of rotatable bonds is 15. The maximum atomic E-state index is 14.6. The lowest BCUT2D eigenvalue weighted by molar-refractivity contribution is -0.140. The van der Waals surface area contributed by atoms with E-state index in [1.165, 1.54) is 24.1 Å². The molecule has 0 heterocycles. The Morgan fingerprint density at radius 1 is 0.872 bits per heavy atom. The van der Waals surface area contributed by atoms with Gasteiger partial charge in [0.2, 0.25) is 11.8 Å². The minimum Gasteiger partial charge on any atom is -0.496 e. The molecule has 4 aromatic carbocycles. The maximum Gasteiger partial charge on any atom is 0.264 e. The summed E-state index contributed by atoms with van der Waals surface area (Å²) in [5.74, 6) is -0.315. The molecule has 0 fully saturated rings. The summed E-state index contributed by atoms with van der Waals surface area (Å²) in [5.41, 5.74) is 4.05. The lowest BCUT2D eigenvalue weighted by atomic mass is 10.0. The van der Waals surface area contributed by atoms with Crippen molar-refractivity contribution < 1.29 is 22.7 Å². The van der Waals surface area contributed by atoms with E-state index in [0.29, 0.717) is 22.5 Å². The monoisotopic (exact) mass is 719 g/mol. The van der Waals surface area contributed by atoms with Crippen molar-refractivity contribution in [1.82, 2.24) is 10.2 Å². The summed E-state index contributed by atoms with van der Waals surface area (Å²) in [6.07, 6.45) is 1.96. The van der Waals surface area contributed by atoms with Crippen LogP contribution in [-0.4, -0.2) is 51.4 Å². The first-order valence-corrected chi connectivity index (χ1v) is 17.9. The Kier molecular flexibility index (Phi) is 12.6. The van der Waals surface area contributed by atoms with Crippen LogP contribution in [0.1, 0.15) is 42.0 Å². The molecule has 0 aliphatic carbocycles. The molecule has 0 spiro atoms. The molecule has 1 atom stereocenters. The quantitative estimate of drug-likeness (QED) is 0.136. The molecule has 0 radical (unpaired) electrons. The summed E-state index contributed by atoms with van der Waals surface area (Å²) in [7, 11) is -2.75. The fourth-order valence-electron chi connectivity index (χ4n) is 5.12. The van der Waals surface area contributed by atoms with Gasteiger partial charge in [-0.25, -0.2) is 8.42 Å². The molecule has 2 amide bonds. The molecule has 4 rings (SSSR count). The van der Waals surface area contributed by atoms with Crippen molar-refractivity contribution in [3.05, 3.63) is 124 Å². The highest BCUT2D eigenvalue weighted by Crippen LogP contribution is 2.31. The first kappa shape index (κ1) is 35.7. The average Bonchev–Trinajstić information content (AvgIpc) is 3.07. The fraction of sp³-hybridized carbons (Fsp3) is 0.297. The average molecular weight is 721 g/mol. The van der Waals surface area contributed by atoms with Gasteiger partial charge in [0.15, 0.2) is 0 Å². The Labute approximate surface area is 286 Å². The van der Waals surface area contributed by atoms with Crippen molar-refractivity contribution in [3.63, 3.8) is 0 Å². The molecular weight excluding hydrogens is 678 g/mol. The van der Waals surface area contributed by atoms with Gasteiger partial charge >= 0.3 is 0 Å². The number of nitrogens with zero attached hydrogens (tertiary/aromatic N) is 2. The summed E-state index contributed by atoms with van der Waals surface area (Å²) in [6, 6.07) is 27.8. The standard InChI is InChI=1S/C37H42BrN3O5S/c1-5-6-22-39-37(43)34(23-29-10-8-7-9-11-29)40(25-30-16-12-27(2)13-17-30)36(42)26-41(31-18-14-28(3)15-19-31)47(44,45)32-20-21-35(46-4)33(38)24-32/h7-21,24,34H,5-6,22-23,25-26H2,1-4H3,(H,39,43). The van der Waals surface area contributed by atoms with E-state index in [4.69, 9.17) is 4.74 Å². The summed E-state index contributed by atoms with van der Waals surface area (Å²) < 4.78 is 35.5. The molecule has 1 N–H and O–H groups in total. The lowest BCUT2D eigenvalue weighted by Gasteiger charge is -2.34. The zero-order valence-electron chi connectivity index (χ0n) is 27.3. The smallest absolute Gasteiger partial charge is 0.264 e. The lowest BCUT2D eigenvalue weighted by Crippen LogP contribution is -2.53. The summed E-state index contributed by atoms with van der Waals surface area (Å²) in [5, 5.41) is 3.02. The van der Waals surface area contributed by atoms with E-state index in [0.717, 1.165) is 39.4 Å². The van der Waals surface area contributed by atoms with Crippen molar-refractivity contribution >= 4 is 43.5 Å². The molecule has 0 aliphatic rings. The van der Waals surface area contributed by atoms with E-state index in [9.17, 15) is 18.0 Å². The second kappa shape index (κ2) is 16.6. The molecular formula is C37H42BrN3O5S. The molecule has 0 aromatic heterocycles. The van der Waals surface area contributed by atoms with Gasteiger partial charge in [0, 0.05) is 19.5 Å². The zero-order chi connectivity index (χ0) is 34.0. The van der Waals surface area contributed by atoms with Gasteiger partial charge in [0.25, 0.3) is 10.0 Å². The Morgan fingerprint density at radius 3 is 2.11 bits per heavy atom. The van der Waals surface area contributed by atoms with Crippen molar-refractivity contribution in [2.75, 3.05) is 24.5 Å². The molecule has 10 heteroatoms. The number of nitrogens with one attached hydrogen (secondary N) is 1. The van der Waals surface area contributed by atoms with Crippen LogP contribution in [0.3, 0.4) is 0 Å². The van der Waals surface area contributed by atoms with Gasteiger partial charge in [-0.3, -0.25) is 13.9 Å². The number of carbonyl (C=O) groups is 2. The number of methoxy groups -OCH3 is 1. The van der Waals surface area contributed by atoms with Crippen LogP contribution < -0.4 is 14.4 Å². The minimum absolute atomic E-state index is 0.0122. The van der Waals surface area contributed by atoms with E-state index in [2.05, 4.69) is 21.2 Å². The van der Waals surface area contributed by atoms with Crippen molar-refractivity contribution in [2.45, 2.75) is 57.5 Å². The van der Waals surface area contributed by atoms with Gasteiger partial charge < -0.3 is 15.0 Å². The Balaban J connectivity index is 1.79. The number of carbonyl (C=O) groups excluding carboxylic acids is 2. The van der Waals surface area contributed by atoms with Crippen LogP contribution in [0.5, 0.6) is 5.75 Å². The van der Waals surface area contributed by atoms with Crippen LogP contribution in [0.15, 0.2) is 106 Å². The van der Waals surface area contributed by atoms with E-state index in [1.807, 2.05) is 75.4 Å². The van der Waals surface area contributed by atoms with E-state index >= 15 is 0 Å². The third-order valence-electron chi connectivity index (χ3n) is 7.89. The van der Waals surface area contributed by atoms with Crippen LogP contribution in [0.25, 0.3) is 0 Å². The van der Waals surface area contributed by atoms with Gasteiger partial charge in [0.1, 0.15) is 18.3 Å². The van der Waals surface area contributed by atoms with E-state index in [1.54, 1.807) is 30.3 Å². The predicted molar refractivity (Wildman–Crippen MR) is 190 cm³/mol. The highest BCUT2D eigenvalue weighted by molar-refractivity contribution is 9.10. The van der Waals surface area contributed by atoms with Crippen molar-refractivity contribution in [1.29, 1.82) is 0 Å². The van der Waals surface area contributed by atoms with Gasteiger partial charge in [-0.1, -0.05) is 91.2 Å². The molecule has 0 aliphatic heterocycles. The summed E-state index contributed by atoms with van der Waals surface area (Å²) >= 11 is 3.40. The van der Waals surface area contributed by atoms with Crippen molar-refractivity contribution in [3.8, 4) is 5.75 Å². The Bertz CT molecular complexity index is 1750. The number of aryl methyl sites for hydroxylation is 2.